The number of hydrogen-bond donors (Lipinski definition) is 1. The van der Waals surface area contributed by atoms with Gasteiger partial charge in [-0.3, -0.25) is 4.79 Å². The molecule has 0 aliphatic carbocycles. The number of halogens is 2. The Balaban J connectivity index is 0.00000204. The first kappa shape index (κ1) is 27.6. The molecule has 0 heterocycles. The van der Waals surface area contributed by atoms with Crippen molar-refractivity contribution in [2.45, 2.75) is 23.1 Å². The minimum absolute atomic E-state index is 0. The number of rotatable bonds is 5. The Morgan fingerprint density at radius 1 is 1.00 bits per heavy atom. The fourth-order valence-corrected chi connectivity index (χ4v) is 5.38. The molecule has 4 aromatic carbocycles. The largest absolute Gasteiger partial charge is 1.00 e. The maximum Gasteiger partial charge on any atom is 1.00 e. The number of hydrogen-bond acceptors (Lipinski definition) is 3. The molecule has 5 nitrogen and oxygen atoms in total. The maximum atomic E-state index is 14.0. The second-order valence-electron chi connectivity index (χ2n) is 7.46. The van der Waals surface area contributed by atoms with Crippen LogP contribution in [0.5, 0.6) is 0 Å². The molecule has 3 N–H and O–H groups in total. The molecule has 0 aliphatic rings. The first-order valence-corrected chi connectivity index (χ1v) is 11.6. The molecule has 0 unspecified atom stereocenters. The normalized spacial score (nSPS) is 10.9. The number of carboxylic acids is 1. The van der Waals surface area contributed by atoms with Crippen molar-refractivity contribution in [1.29, 1.82) is 0 Å². The van der Waals surface area contributed by atoms with Crippen LogP contribution in [0.25, 0.3) is 21.9 Å². The minimum Gasteiger partial charge on any atom is -1.00 e. The average molecular weight is 495 g/mol. The fraction of sp³-hybridized carbons (Fsp3) is 0.0800. The molecular formula is C25H21ClFLiO5S. The van der Waals surface area contributed by atoms with Crippen molar-refractivity contribution in [2.75, 3.05) is 0 Å². The van der Waals surface area contributed by atoms with Crippen molar-refractivity contribution in [3.63, 3.8) is 0 Å². The third-order valence-corrected chi connectivity index (χ3v) is 7.37. The van der Waals surface area contributed by atoms with E-state index in [-0.39, 0.29) is 42.0 Å². The third-order valence-electron chi connectivity index (χ3n) is 5.37. The zero-order valence-corrected chi connectivity index (χ0v) is 20.0. The molecule has 0 aromatic heterocycles. The van der Waals surface area contributed by atoms with Crippen LogP contribution < -0.4 is 18.9 Å². The Morgan fingerprint density at radius 3 is 2.29 bits per heavy atom. The van der Waals surface area contributed by atoms with Gasteiger partial charge in [0.1, 0.15) is 5.82 Å². The molecule has 9 heteroatoms. The molecule has 4 rings (SSSR count). The summed E-state index contributed by atoms with van der Waals surface area (Å²) in [6.07, 6.45) is -0.173. The van der Waals surface area contributed by atoms with Crippen LogP contribution in [0.4, 0.5) is 4.39 Å². The first-order valence-electron chi connectivity index (χ1n) is 9.71. The topological polar surface area (TPSA) is 103 Å². The van der Waals surface area contributed by atoms with Gasteiger partial charge in [-0.1, -0.05) is 41.9 Å². The number of aliphatic carboxylic acids is 1. The van der Waals surface area contributed by atoms with E-state index in [0.29, 0.717) is 38.0 Å². The van der Waals surface area contributed by atoms with E-state index < -0.39 is 21.6 Å². The van der Waals surface area contributed by atoms with Crippen molar-refractivity contribution in [3.8, 4) is 11.1 Å². The smallest absolute Gasteiger partial charge is 1.00 e. The van der Waals surface area contributed by atoms with Crippen molar-refractivity contribution in [3.05, 3.63) is 94.8 Å². The quantitative estimate of drug-likeness (QED) is 0.430. The van der Waals surface area contributed by atoms with Gasteiger partial charge in [-0.25, -0.2) is 12.8 Å². The molecule has 0 saturated carbocycles. The summed E-state index contributed by atoms with van der Waals surface area (Å²) in [7, 11) is -3.77. The van der Waals surface area contributed by atoms with E-state index in [2.05, 4.69) is 0 Å². The molecule has 4 aromatic rings. The summed E-state index contributed by atoms with van der Waals surface area (Å²) in [4.78, 5) is 11.5. The molecule has 0 saturated heterocycles. The zero-order chi connectivity index (χ0) is 23.0. The summed E-state index contributed by atoms with van der Waals surface area (Å²) < 4.78 is 40.0. The summed E-state index contributed by atoms with van der Waals surface area (Å²) in [5.41, 5.74) is 2.65. The van der Waals surface area contributed by atoms with E-state index in [0.717, 1.165) is 0 Å². The van der Waals surface area contributed by atoms with E-state index >= 15 is 0 Å². The van der Waals surface area contributed by atoms with Gasteiger partial charge in [0.15, 0.2) is 0 Å². The third kappa shape index (κ3) is 5.35. The molecule has 0 spiro atoms. The van der Waals surface area contributed by atoms with Gasteiger partial charge >= 0.3 is 24.8 Å². The predicted molar refractivity (Wildman–Crippen MR) is 127 cm³/mol. The summed E-state index contributed by atoms with van der Waals surface area (Å²) in [6, 6.07) is 18.4. The second-order valence-corrected chi connectivity index (χ2v) is 9.84. The Labute approximate surface area is 215 Å². The summed E-state index contributed by atoms with van der Waals surface area (Å²) in [6.45, 7) is 1.79. The van der Waals surface area contributed by atoms with Crippen LogP contribution >= 0.6 is 11.6 Å². The molecule has 172 valence electrons. The van der Waals surface area contributed by atoms with Crippen molar-refractivity contribution < 1.29 is 48.5 Å². The Hall–Kier alpha value is -2.66. The Morgan fingerprint density at radius 2 is 1.68 bits per heavy atom. The zero-order valence-electron chi connectivity index (χ0n) is 19.5. The van der Waals surface area contributed by atoms with Crippen LogP contribution in [-0.2, 0) is 21.1 Å². The van der Waals surface area contributed by atoms with Crippen LogP contribution in [0.15, 0.2) is 82.6 Å². The maximum absolute atomic E-state index is 14.0. The number of benzene rings is 4. The molecular weight excluding hydrogens is 474 g/mol. The second kappa shape index (κ2) is 10.7. The number of carbonyl (C=O) groups is 1. The van der Waals surface area contributed by atoms with E-state index in [1.165, 1.54) is 36.4 Å². The van der Waals surface area contributed by atoms with Gasteiger partial charge in [-0.15, -0.1) is 0 Å². The van der Waals surface area contributed by atoms with E-state index in [1.54, 1.807) is 43.3 Å². The standard InChI is InChI=1S/C25H18ClFO4S.Li.H2O.H/c1-15-18(12-24(28)29)11-17-5-8-20(27)14-23(17)25(15)16-6-9-21(10-7-16)32(30,31)22-4-2-3-19(26)13-22;;;/h2-11,13-14H,12H2,1H3,(H,28,29);;1H2;/q;+1;;-1. The number of sulfone groups is 1. The van der Waals surface area contributed by atoms with E-state index in [1.807, 2.05) is 0 Å². The van der Waals surface area contributed by atoms with Crippen LogP contribution in [-0.4, -0.2) is 25.0 Å². The average Bonchev–Trinajstić information content (AvgIpc) is 2.74. The summed E-state index contributed by atoms with van der Waals surface area (Å²) in [5.74, 6) is -1.38. The predicted octanol–water partition coefficient (Wildman–Crippen LogP) is 2.36. The van der Waals surface area contributed by atoms with Crippen LogP contribution in [0.2, 0.25) is 5.02 Å². The fourth-order valence-electron chi connectivity index (χ4n) is 3.82. The van der Waals surface area contributed by atoms with Crippen molar-refractivity contribution >= 4 is 38.2 Å². The van der Waals surface area contributed by atoms with Crippen molar-refractivity contribution in [1.82, 2.24) is 0 Å². The van der Waals surface area contributed by atoms with Gasteiger partial charge in [0.25, 0.3) is 0 Å². The summed E-state index contributed by atoms with van der Waals surface area (Å²) >= 11 is 5.94. The summed E-state index contributed by atoms with van der Waals surface area (Å²) in [5, 5.41) is 10.9. The molecule has 34 heavy (non-hydrogen) atoms. The monoisotopic (exact) mass is 494 g/mol. The van der Waals surface area contributed by atoms with Gasteiger partial charge in [0.05, 0.1) is 16.2 Å². The molecule has 0 fully saturated rings. The minimum atomic E-state index is -3.77. The van der Waals surface area contributed by atoms with Gasteiger partial charge in [0, 0.05) is 5.02 Å². The SMILES string of the molecule is Cc1c(CC(=O)O)cc2ccc(F)cc2c1-c1ccc(S(=O)(=O)c2cccc(Cl)c2)cc1.O.[H-].[Li+]. The van der Waals surface area contributed by atoms with Gasteiger partial charge in [-0.05, 0) is 82.4 Å². The molecule has 0 radical (unpaired) electrons. The van der Waals surface area contributed by atoms with E-state index in [9.17, 15) is 22.7 Å². The van der Waals surface area contributed by atoms with Crippen LogP contribution in [0, 0.1) is 12.7 Å². The van der Waals surface area contributed by atoms with Crippen molar-refractivity contribution in [2.24, 2.45) is 0 Å². The van der Waals surface area contributed by atoms with Gasteiger partial charge < -0.3 is 12.0 Å². The van der Waals surface area contributed by atoms with Crippen LogP contribution in [0.3, 0.4) is 0 Å². The number of carboxylic acid groups (broad SMARTS) is 1. The molecule has 0 atom stereocenters. The Bertz CT molecular complexity index is 1480. The Kier molecular flexibility index (Phi) is 8.70. The van der Waals surface area contributed by atoms with Gasteiger partial charge in [0.2, 0.25) is 9.84 Å². The van der Waals surface area contributed by atoms with E-state index in [4.69, 9.17) is 11.6 Å². The van der Waals surface area contributed by atoms with Gasteiger partial charge in [-0.2, -0.15) is 0 Å². The first-order chi connectivity index (χ1) is 15.2. The number of fused-ring (bicyclic) bond motifs is 1. The molecule has 0 amide bonds. The molecule has 0 aliphatic heterocycles. The van der Waals surface area contributed by atoms with Crippen LogP contribution in [0.1, 0.15) is 12.6 Å². The molecule has 0 bridgehead atoms.